The quantitative estimate of drug-likeness (QED) is 0.852. The average Bonchev–Trinajstić information content (AvgIpc) is 2.99. The van der Waals surface area contributed by atoms with Crippen molar-refractivity contribution >= 4 is 0 Å². The van der Waals surface area contributed by atoms with E-state index in [1.165, 1.54) is 0 Å². The van der Waals surface area contributed by atoms with Crippen LogP contribution >= 0.6 is 0 Å². The summed E-state index contributed by atoms with van der Waals surface area (Å²) in [5.74, 6) is 5.86. The summed E-state index contributed by atoms with van der Waals surface area (Å²) in [7, 11) is 0. The molecule has 2 aromatic heterocycles. The third-order valence-electron chi connectivity index (χ3n) is 3.20. The first-order valence-electron chi connectivity index (χ1n) is 7.36. The summed E-state index contributed by atoms with van der Waals surface area (Å²) in [5.41, 5.74) is 9.12. The van der Waals surface area contributed by atoms with Gasteiger partial charge in [-0.25, -0.2) is 0 Å². The molecular formula is C16H21N5. The topological polar surface area (TPSA) is 69.6 Å². The third kappa shape index (κ3) is 3.89. The number of hydrogen-bond donors (Lipinski definition) is 1. The van der Waals surface area contributed by atoms with Crippen molar-refractivity contribution in [2.24, 2.45) is 5.73 Å². The lowest BCUT2D eigenvalue weighted by molar-refractivity contribution is 0.553. The lowest BCUT2D eigenvalue weighted by atomic mass is 10.1. The van der Waals surface area contributed by atoms with Gasteiger partial charge >= 0.3 is 0 Å². The molecule has 0 saturated heterocycles. The molecule has 5 heteroatoms. The van der Waals surface area contributed by atoms with Crippen molar-refractivity contribution in [3.05, 3.63) is 29.6 Å². The van der Waals surface area contributed by atoms with E-state index in [1.807, 2.05) is 10.9 Å². The van der Waals surface area contributed by atoms with Gasteiger partial charge in [-0.1, -0.05) is 37.3 Å². The molecule has 5 nitrogen and oxygen atoms in total. The molecule has 0 amide bonds. The Labute approximate surface area is 125 Å². The Morgan fingerprint density at radius 2 is 2.19 bits per heavy atom. The minimum Gasteiger partial charge on any atom is -0.320 e. The number of nitrogens with two attached hydrogens (primary N) is 1. The van der Waals surface area contributed by atoms with Crippen LogP contribution in [0.4, 0.5) is 0 Å². The molecule has 2 N–H and O–H groups in total. The highest BCUT2D eigenvalue weighted by molar-refractivity contribution is 5.59. The van der Waals surface area contributed by atoms with Gasteiger partial charge in [-0.05, 0) is 24.5 Å². The smallest absolute Gasteiger partial charge is 0.131 e. The average molecular weight is 283 g/mol. The SMILES string of the molecule is CCCCn1cc(-c2ncc(C#CCN)cc2CC)nn1. The molecular weight excluding hydrogens is 262 g/mol. The van der Waals surface area contributed by atoms with Gasteiger partial charge in [0.15, 0.2) is 0 Å². The molecule has 0 saturated carbocycles. The standard InChI is InChI=1S/C16H21N5/c1-3-5-9-21-12-15(19-20-21)16-14(4-2)10-13(11-18-16)7-6-8-17/h10-12H,3-5,8-9,17H2,1-2H3. The predicted octanol–water partition coefficient (Wildman–Crippen LogP) is 2.01. The lowest BCUT2D eigenvalue weighted by Crippen LogP contribution is -1.97. The van der Waals surface area contributed by atoms with Crippen LogP contribution in [-0.2, 0) is 13.0 Å². The van der Waals surface area contributed by atoms with Crippen LogP contribution in [0.5, 0.6) is 0 Å². The van der Waals surface area contributed by atoms with Crippen LogP contribution in [0.2, 0.25) is 0 Å². The van der Waals surface area contributed by atoms with E-state index in [0.717, 1.165) is 48.3 Å². The molecule has 21 heavy (non-hydrogen) atoms. The van der Waals surface area contributed by atoms with Gasteiger partial charge in [-0.2, -0.15) is 0 Å². The minimum absolute atomic E-state index is 0.356. The zero-order valence-electron chi connectivity index (χ0n) is 12.6. The van der Waals surface area contributed by atoms with Gasteiger partial charge in [0.05, 0.1) is 18.4 Å². The van der Waals surface area contributed by atoms with Gasteiger partial charge < -0.3 is 5.73 Å². The van der Waals surface area contributed by atoms with Crippen LogP contribution in [0.25, 0.3) is 11.4 Å². The van der Waals surface area contributed by atoms with Crippen LogP contribution < -0.4 is 5.73 Å². The van der Waals surface area contributed by atoms with Gasteiger partial charge in [0.2, 0.25) is 0 Å². The molecule has 0 bridgehead atoms. The second-order valence-electron chi connectivity index (χ2n) is 4.81. The normalized spacial score (nSPS) is 10.2. The maximum Gasteiger partial charge on any atom is 0.131 e. The third-order valence-corrected chi connectivity index (χ3v) is 3.20. The van der Waals surface area contributed by atoms with E-state index in [1.54, 1.807) is 6.20 Å². The molecule has 0 aliphatic rings. The van der Waals surface area contributed by atoms with Crippen molar-refractivity contribution in [3.8, 4) is 23.2 Å². The van der Waals surface area contributed by atoms with Crippen molar-refractivity contribution in [1.82, 2.24) is 20.0 Å². The van der Waals surface area contributed by atoms with Crippen LogP contribution in [0, 0.1) is 11.8 Å². The Balaban J connectivity index is 2.28. The molecule has 0 unspecified atom stereocenters. The van der Waals surface area contributed by atoms with Crippen LogP contribution in [-0.4, -0.2) is 26.5 Å². The number of aryl methyl sites for hydroxylation is 2. The Morgan fingerprint density at radius 3 is 2.90 bits per heavy atom. The first-order valence-corrected chi connectivity index (χ1v) is 7.36. The van der Waals surface area contributed by atoms with Crippen molar-refractivity contribution in [1.29, 1.82) is 0 Å². The first-order chi connectivity index (χ1) is 10.3. The molecule has 0 aliphatic carbocycles. The highest BCUT2D eigenvalue weighted by Crippen LogP contribution is 2.20. The summed E-state index contributed by atoms with van der Waals surface area (Å²) < 4.78 is 1.88. The molecule has 2 aromatic rings. The Kier molecular flexibility index (Phi) is 5.47. The van der Waals surface area contributed by atoms with E-state index >= 15 is 0 Å². The van der Waals surface area contributed by atoms with Gasteiger partial charge in [0.1, 0.15) is 5.69 Å². The Morgan fingerprint density at radius 1 is 1.33 bits per heavy atom. The predicted molar refractivity (Wildman–Crippen MR) is 83.5 cm³/mol. The second kappa shape index (κ2) is 7.55. The summed E-state index contributed by atoms with van der Waals surface area (Å²) in [6, 6.07) is 2.05. The number of hydrogen-bond acceptors (Lipinski definition) is 4. The highest BCUT2D eigenvalue weighted by atomic mass is 15.4. The van der Waals surface area contributed by atoms with Gasteiger partial charge in [0.25, 0.3) is 0 Å². The molecule has 110 valence electrons. The molecule has 2 rings (SSSR count). The van der Waals surface area contributed by atoms with E-state index in [0.29, 0.717) is 6.54 Å². The summed E-state index contributed by atoms with van der Waals surface area (Å²) >= 11 is 0. The van der Waals surface area contributed by atoms with Crippen molar-refractivity contribution in [3.63, 3.8) is 0 Å². The van der Waals surface area contributed by atoms with E-state index in [4.69, 9.17) is 5.73 Å². The fourth-order valence-corrected chi connectivity index (χ4v) is 2.07. The van der Waals surface area contributed by atoms with E-state index in [2.05, 4.69) is 47.1 Å². The zero-order valence-corrected chi connectivity index (χ0v) is 12.6. The fourth-order valence-electron chi connectivity index (χ4n) is 2.07. The number of nitrogens with zero attached hydrogens (tertiary/aromatic N) is 4. The Bertz CT molecular complexity index is 648. The van der Waals surface area contributed by atoms with Crippen LogP contribution in [0.3, 0.4) is 0 Å². The lowest BCUT2D eigenvalue weighted by Gasteiger charge is -2.04. The monoisotopic (exact) mass is 283 g/mol. The maximum atomic E-state index is 5.40. The molecule has 0 aliphatic heterocycles. The molecule has 0 aromatic carbocycles. The number of aromatic nitrogens is 4. The summed E-state index contributed by atoms with van der Waals surface area (Å²) in [6.07, 6.45) is 6.85. The Hall–Kier alpha value is -2.19. The van der Waals surface area contributed by atoms with Crippen LogP contribution in [0.15, 0.2) is 18.5 Å². The maximum absolute atomic E-state index is 5.40. The van der Waals surface area contributed by atoms with Crippen molar-refractivity contribution < 1.29 is 0 Å². The highest BCUT2D eigenvalue weighted by Gasteiger charge is 2.10. The number of rotatable bonds is 5. The number of pyridine rings is 1. The van der Waals surface area contributed by atoms with Gasteiger partial charge in [0, 0.05) is 18.3 Å². The van der Waals surface area contributed by atoms with Crippen molar-refractivity contribution in [2.45, 2.75) is 39.7 Å². The summed E-state index contributed by atoms with van der Waals surface area (Å²) in [6.45, 7) is 5.51. The number of unbranched alkanes of at least 4 members (excludes halogenated alkanes) is 1. The van der Waals surface area contributed by atoms with E-state index in [9.17, 15) is 0 Å². The zero-order chi connectivity index (χ0) is 15.1. The molecule has 0 atom stereocenters. The van der Waals surface area contributed by atoms with E-state index in [-0.39, 0.29) is 0 Å². The second-order valence-corrected chi connectivity index (χ2v) is 4.81. The molecule has 2 heterocycles. The summed E-state index contributed by atoms with van der Waals surface area (Å²) in [4.78, 5) is 4.51. The summed E-state index contributed by atoms with van der Waals surface area (Å²) in [5, 5.41) is 8.39. The molecule has 0 radical (unpaired) electrons. The molecule has 0 fully saturated rings. The van der Waals surface area contributed by atoms with Crippen molar-refractivity contribution in [2.75, 3.05) is 6.54 Å². The van der Waals surface area contributed by atoms with Gasteiger partial charge in [-0.15, -0.1) is 5.10 Å². The first kappa shape index (κ1) is 15.2. The van der Waals surface area contributed by atoms with Crippen LogP contribution in [0.1, 0.15) is 37.8 Å². The minimum atomic E-state index is 0.356. The van der Waals surface area contributed by atoms with E-state index < -0.39 is 0 Å². The largest absolute Gasteiger partial charge is 0.320 e. The van der Waals surface area contributed by atoms with Gasteiger partial charge in [-0.3, -0.25) is 9.67 Å². The fraction of sp³-hybridized carbons (Fsp3) is 0.438. The molecule has 0 spiro atoms.